The van der Waals surface area contributed by atoms with Gasteiger partial charge in [0, 0.05) is 26.1 Å². The fourth-order valence-electron chi connectivity index (χ4n) is 2.63. The number of benzene rings is 1. The third kappa shape index (κ3) is 3.80. The molecule has 0 fully saturated rings. The first-order valence-corrected chi connectivity index (χ1v) is 7.16. The molecule has 1 amide bonds. The van der Waals surface area contributed by atoms with Gasteiger partial charge in [0.25, 0.3) is 0 Å². The van der Waals surface area contributed by atoms with Crippen LogP contribution < -0.4 is 5.73 Å². The van der Waals surface area contributed by atoms with Crippen LogP contribution in [-0.4, -0.2) is 23.9 Å². The highest BCUT2D eigenvalue weighted by atomic mass is 16.2. The summed E-state index contributed by atoms with van der Waals surface area (Å²) in [5.41, 5.74) is 9.87. The van der Waals surface area contributed by atoms with Gasteiger partial charge in [0.2, 0.25) is 5.91 Å². The molecule has 1 atom stereocenters. The molecule has 1 aliphatic rings. The van der Waals surface area contributed by atoms with Crippen LogP contribution in [0.4, 0.5) is 0 Å². The van der Waals surface area contributed by atoms with Crippen molar-refractivity contribution in [3.8, 4) is 0 Å². The normalized spacial score (nSPS) is 15.1. The van der Waals surface area contributed by atoms with Crippen LogP contribution in [0.1, 0.15) is 42.9 Å². The van der Waals surface area contributed by atoms with E-state index in [0.717, 1.165) is 6.42 Å². The van der Waals surface area contributed by atoms with E-state index in [0.29, 0.717) is 13.0 Å². The molecule has 0 saturated heterocycles. The zero-order valence-corrected chi connectivity index (χ0v) is 12.0. The van der Waals surface area contributed by atoms with Crippen molar-refractivity contribution in [2.24, 2.45) is 5.73 Å². The molecule has 0 aliphatic heterocycles. The quantitative estimate of drug-likeness (QED) is 0.882. The van der Waals surface area contributed by atoms with Crippen molar-refractivity contribution in [2.45, 2.75) is 51.6 Å². The van der Waals surface area contributed by atoms with Crippen molar-refractivity contribution in [1.29, 1.82) is 0 Å². The minimum Gasteiger partial charge on any atom is -0.341 e. The molecule has 19 heavy (non-hydrogen) atoms. The second-order valence-electron chi connectivity index (χ2n) is 5.72. The molecule has 3 nitrogen and oxygen atoms in total. The minimum atomic E-state index is 0.0948. The number of carbonyl (C=O) groups excluding carboxylic acids is 1. The Labute approximate surface area is 115 Å². The van der Waals surface area contributed by atoms with Crippen LogP contribution in [0.15, 0.2) is 18.2 Å². The summed E-state index contributed by atoms with van der Waals surface area (Å²) in [6, 6.07) is 6.73. The zero-order valence-electron chi connectivity index (χ0n) is 12.0. The molecule has 3 heteroatoms. The molecule has 0 heterocycles. The van der Waals surface area contributed by atoms with Crippen LogP contribution in [0.3, 0.4) is 0 Å². The summed E-state index contributed by atoms with van der Waals surface area (Å²) >= 11 is 0. The van der Waals surface area contributed by atoms with E-state index in [9.17, 15) is 4.79 Å². The van der Waals surface area contributed by atoms with E-state index in [1.807, 2.05) is 14.0 Å². The van der Waals surface area contributed by atoms with Crippen molar-refractivity contribution < 1.29 is 4.79 Å². The largest absolute Gasteiger partial charge is 0.341 e. The topological polar surface area (TPSA) is 46.3 Å². The number of hydrogen-bond acceptors (Lipinski definition) is 2. The Kier molecular flexibility index (Phi) is 4.59. The van der Waals surface area contributed by atoms with E-state index in [2.05, 4.69) is 18.2 Å². The van der Waals surface area contributed by atoms with E-state index >= 15 is 0 Å². The zero-order chi connectivity index (χ0) is 13.8. The Morgan fingerprint density at radius 3 is 2.84 bits per heavy atom. The fourth-order valence-corrected chi connectivity index (χ4v) is 2.63. The van der Waals surface area contributed by atoms with E-state index in [1.54, 1.807) is 4.90 Å². The lowest BCUT2D eigenvalue weighted by molar-refractivity contribution is -0.130. The summed E-state index contributed by atoms with van der Waals surface area (Å²) in [4.78, 5) is 13.8. The van der Waals surface area contributed by atoms with Crippen molar-refractivity contribution in [3.05, 3.63) is 34.9 Å². The number of aryl methyl sites for hydroxylation is 2. The third-order valence-corrected chi connectivity index (χ3v) is 3.82. The molecule has 104 valence electrons. The second-order valence-corrected chi connectivity index (χ2v) is 5.72. The van der Waals surface area contributed by atoms with Gasteiger partial charge in [-0.2, -0.15) is 0 Å². The Morgan fingerprint density at radius 1 is 1.37 bits per heavy atom. The molecule has 0 bridgehead atoms. The molecule has 1 aliphatic carbocycles. The first-order chi connectivity index (χ1) is 9.06. The predicted molar refractivity (Wildman–Crippen MR) is 77.8 cm³/mol. The molecular formula is C16H24N2O. The van der Waals surface area contributed by atoms with E-state index in [1.165, 1.54) is 36.0 Å². The van der Waals surface area contributed by atoms with E-state index < -0.39 is 0 Å². The third-order valence-electron chi connectivity index (χ3n) is 3.82. The maximum atomic E-state index is 12.0. The second kappa shape index (κ2) is 6.20. The van der Waals surface area contributed by atoms with Gasteiger partial charge in [-0.1, -0.05) is 18.2 Å². The van der Waals surface area contributed by atoms with Crippen LogP contribution in [0.5, 0.6) is 0 Å². The number of carbonyl (C=O) groups is 1. The molecule has 1 aromatic carbocycles. The molecule has 1 unspecified atom stereocenters. The standard InChI is InChI=1S/C16H24N2O/c1-12(17)6-9-16(19)18(2)11-13-7-8-14-4-3-5-15(14)10-13/h7-8,10,12H,3-6,9,11,17H2,1-2H3. The first-order valence-electron chi connectivity index (χ1n) is 7.16. The van der Waals surface area contributed by atoms with Gasteiger partial charge >= 0.3 is 0 Å². The SMILES string of the molecule is CC(N)CCC(=O)N(C)Cc1ccc2c(c1)CCC2. The van der Waals surface area contributed by atoms with E-state index in [-0.39, 0.29) is 11.9 Å². The van der Waals surface area contributed by atoms with Gasteiger partial charge in [0.15, 0.2) is 0 Å². The van der Waals surface area contributed by atoms with Crippen LogP contribution in [-0.2, 0) is 24.2 Å². The minimum absolute atomic E-state index is 0.0948. The lowest BCUT2D eigenvalue weighted by Crippen LogP contribution is -2.28. The Hall–Kier alpha value is -1.35. The Bertz CT molecular complexity index is 454. The number of nitrogens with zero attached hydrogens (tertiary/aromatic N) is 1. The van der Waals surface area contributed by atoms with Gasteiger partial charge in [-0.05, 0) is 49.3 Å². The number of hydrogen-bond donors (Lipinski definition) is 1. The maximum absolute atomic E-state index is 12.0. The van der Waals surface area contributed by atoms with Gasteiger partial charge < -0.3 is 10.6 Å². The molecule has 0 spiro atoms. The van der Waals surface area contributed by atoms with Gasteiger partial charge in [-0.3, -0.25) is 4.79 Å². The summed E-state index contributed by atoms with van der Waals surface area (Å²) in [5.74, 6) is 0.179. The average molecular weight is 260 g/mol. The molecule has 0 saturated carbocycles. The smallest absolute Gasteiger partial charge is 0.222 e. The predicted octanol–water partition coefficient (Wildman–Crippen LogP) is 2.26. The summed E-state index contributed by atoms with van der Waals surface area (Å²) < 4.78 is 0. The number of fused-ring (bicyclic) bond motifs is 1. The first kappa shape index (κ1) is 14.1. The summed E-state index contributed by atoms with van der Waals surface area (Å²) in [6.07, 6.45) is 4.96. The van der Waals surface area contributed by atoms with Gasteiger partial charge in [0.1, 0.15) is 0 Å². The monoisotopic (exact) mass is 260 g/mol. The molecule has 0 radical (unpaired) electrons. The molecule has 2 rings (SSSR count). The molecule has 2 N–H and O–H groups in total. The molecular weight excluding hydrogens is 236 g/mol. The lowest BCUT2D eigenvalue weighted by Gasteiger charge is -2.18. The maximum Gasteiger partial charge on any atom is 0.222 e. The highest BCUT2D eigenvalue weighted by Gasteiger charge is 2.13. The van der Waals surface area contributed by atoms with Crippen molar-refractivity contribution >= 4 is 5.91 Å². The van der Waals surface area contributed by atoms with Gasteiger partial charge in [-0.15, -0.1) is 0 Å². The summed E-state index contributed by atoms with van der Waals surface area (Å²) in [5, 5.41) is 0. The van der Waals surface area contributed by atoms with Crippen molar-refractivity contribution in [3.63, 3.8) is 0 Å². The van der Waals surface area contributed by atoms with Gasteiger partial charge in [-0.25, -0.2) is 0 Å². The van der Waals surface area contributed by atoms with Crippen molar-refractivity contribution in [1.82, 2.24) is 4.90 Å². The fraction of sp³-hybridized carbons (Fsp3) is 0.562. The highest BCUT2D eigenvalue weighted by Crippen LogP contribution is 2.23. The van der Waals surface area contributed by atoms with Crippen LogP contribution in [0, 0.1) is 0 Å². The molecule has 0 aromatic heterocycles. The van der Waals surface area contributed by atoms with E-state index in [4.69, 9.17) is 5.73 Å². The summed E-state index contributed by atoms with van der Waals surface area (Å²) in [6.45, 7) is 2.64. The number of rotatable bonds is 5. The molecule has 1 aromatic rings. The van der Waals surface area contributed by atoms with Crippen LogP contribution in [0.2, 0.25) is 0 Å². The highest BCUT2D eigenvalue weighted by molar-refractivity contribution is 5.75. The van der Waals surface area contributed by atoms with Crippen LogP contribution >= 0.6 is 0 Å². The van der Waals surface area contributed by atoms with Gasteiger partial charge in [0.05, 0.1) is 0 Å². The number of amides is 1. The Morgan fingerprint density at radius 2 is 2.11 bits per heavy atom. The van der Waals surface area contributed by atoms with Crippen molar-refractivity contribution in [2.75, 3.05) is 7.05 Å². The average Bonchev–Trinajstić information content (AvgIpc) is 2.83. The number of nitrogens with two attached hydrogens (primary N) is 1. The van der Waals surface area contributed by atoms with Crippen LogP contribution in [0.25, 0.3) is 0 Å². The Balaban J connectivity index is 1.91. The summed E-state index contributed by atoms with van der Waals surface area (Å²) in [7, 11) is 1.87. The lowest BCUT2D eigenvalue weighted by atomic mass is 10.1.